The minimum atomic E-state index is -3.83. The maximum atomic E-state index is 13.4. The van der Waals surface area contributed by atoms with Gasteiger partial charge in [0.1, 0.15) is 26.2 Å². The van der Waals surface area contributed by atoms with E-state index < -0.39 is 87.2 Å². The van der Waals surface area contributed by atoms with Gasteiger partial charge in [0.15, 0.2) is 47.8 Å². The van der Waals surface area contributed by atoms with E-state index in [-0.39, 0.29) is 115 Å². The molecular weight excluding hydrogens is 1970 g/mol. The van der Waals surface area contributed by atoms with Crippen LogP contribution in [-0.4, -0.2) is 202 Å². The third-order valence-electron chi connectivity index (χ3n) is 19.2. The minimum absolute atomic E-state index is 0. The first-order valence-electron chi connectivity index (χ1n) is 40.0. The molecule has 14 rings (SSSR count). The number of hydrogen-bond donors (Lipinski definition) is 3. The lowest BCUT2D eigenvalue weighted by Gasteiger charge is -2.25. The van der Waals surface area contributed by atoms with Crippen molar-refractivity contribution in [2.75, 3.05) is 75.6 Å². The van der Waals surface area contributed by atoms with Gasteiger partial charge in [0.25, 0.3) is 9.05 Å². The number of carbonyl (C=O) groups excluding carboxylic acids is 3. The molecule has 0 amide bonds. The number of nitrogens with zero attached hydrogens (tertiary/aromatic N) is 3. The van der Waals surface area contributed by atoms with Gasteiger partial charge >= 0.3 is 37.1 Å². The van der Waals surface area contributed by atoms with E-state index in [1.165, 1.54) is 133 Å². The Bertz CT molecular complexity index is 5390. The maximum absolute atomic E-state index is 13.4. The highest BCUT2D eigenvalue weighted by molar-refractivity contribution is 8.13. The van der Waals surface area contributed by atoms with Crippen molar-refractivity contribution in [3.05, 3.63) is 225 Å². The van der Waals surface area contributed by atoms with Crippen molar-refractivity contribution in [1.82, 2.24) is 18.2 Å². The molecule has 6 fully saturated rings. The Hall–Kier alpha value is -7.21. The Morgan fingerprint density at radius 3 is 1.19 bits per heavy atom. The molecule has 6 aromatic carbocycles. The predicted molar refractivity (Wildman–Crippen MR) is 487 cm³/mol. The highest BCUT2D eigenvalue weighted by atomic mass is 35.7. The summed E-state index contributed by atoms with van der Waals surface area (Å²) in [6.45, 7) is 1.16. The number of aliphatic carboxylic acids is 1. The lowest BCUT2D eigenvalue weighted by molar-refractivity contribution is -0.378. The van der Waals surface area contributed by atoms with Crippen LogP contribution in [0.15, 0.2) is 202 Å². The Labute approximate surface area is 793 Å². The van der Waals surface area contributed by atoms with Gasteiger partial charge in [-0.05, 0) is 135 Å². The monoisotopic (exact) mass is 2060 g/mol. The van der Waals surface area contributed by atoms with Crippen LogP contribution >= 0.6 is 104 Å². The van der Waals surface area contributed by atoms with E-state index in [1.807, 2.05) is 6.92 Å². The number of carboxylic acid groups (broad SMARTS) is 1. The van der Waals surface area contributed by atoms with E-state index in [0.29, 0.717) is 117 Å². The quantitative estimate of drug-likeness (QED) is 0.0146. The first kappa shape index (κ1) is 110. The predicted octanol–water partition coefficient (Wildman–Crippen LogP) is 15.4. The Kier molecular flexibility index (Phi) is 45.4. The summed E-state index contributed by atoms with van der Waals surface area (Å²) >= 11 is 31.0. The fourth-order valence-electron chi connectivity index (χ4n) is 12.6. The van der Waals surface area contributed by atoms with E-state index in [1.54, 1.807) is 116 Å². The number of carbonyl (C=O) groups is 4. The highest BCUT2D eigenvalue weighted by Crippen LogP contribution is 2.42. The average molecular weight is 2070 g/mol. The molecule has 4 aliphatic heterocycles. The van der Waals surface area contributed by atoms with Crippen LogP contribution in [0.5, 0.6) is 23.0 Å². The van der Waals surface area contributed by atoms with E-state index in [0.717, 1.165) is 38.0 Å². The van der Waals surface area contributed by atoms with Gasteiger partial charge in [0.05, 0.1) is 99.3 Å². The second-order valence-corrected chi connectivity index (χ2v) is 43.5. The van der Waals surface area contributed by atoms with Crippen molar-refractivity contribution < 1.29 is 135 Å². The smallest absolute Gasteiger partial charge is 0.387 e. The number of thioether (sulfide) groups is 4. The standard InChI is InChI=1S/C29H28Cl2F2N2O6S2.C18H17Cl2F2NO3.C13H17NO4S2.C11H13NO4S2.C7H13NO2S.C6H5ClO2S.2H2O/c30-22-15-34-16-23(31)21(22)13-25(19-8-9-24(41-29(32)33)26(12-19)39-17-18-6-7-18)40-28(36)14-27-35(10-11-42-27)43(37,38)20-4-2-1-3-5-20;19-13-7-23-8-14(20)12(13)6-15(24)11-3-4-16(26-18(21)22)17(5-11)25-9-10-1-2-10;1-2-18-13(15)10-12-14(8-9-19-12)20(16,17)11-6-4-3-5-7-11;13-11(14)8-10-12(6-7-17-10)18(15,16)9-4-2-1-3-5-9;1-2-10-7(9)5-6-8-3-4-11-6;7-10(8,9)6-4-2-1-3-5-6;;/h1-5,8-9,12,15-16,18,25,27,29H,6-7,10-11,13-14,17H2;3-5,7-8,10,15,18,24H,1-2,6,9H2;3-7,12H,2,8-10H2,1H3;1-5,10H,6-8H2,(H,13,14);6,8H,2-5H2,1H3;1-5H;2*1H2/t25-,27?;15-;;;;;;/m00....../s1. The number of aliphatic hydroxyl groups is 1. The number of pyridine rings is 2. The number of sulfonamides is 3. The number of aliphatic hydroxyl groups excluding tert-OH is 1. The first-order chi connectivity index (χ1) is 61.0. The summed E-state index contributed by atoms with van der Waals surface area (Å²) in [5.41, 5.74) is 2.02. The van der Waals surface area contributed by atoms with Crippen LogP contribution in [0.25, 0.3) is 0 Å². The van der Waals surface area contributed by atoms with Crippen LogP contribution in [0.3, 0.4) is 0 Å². The zero-order valence-electron chi connectivity index (χ0n) is 69.7. The number of carboxylic acids is 1. The van der Waals surface area contributed by atoms with Crippen molar-refractivity contribution in [3.63, 3.8) is 0 Å². The molecule has 6 heterocycles. The van der Waals surface area contributed by atoms with Crippen molar-refractivity contribution >= 4 is 167 Å². The molecule has 8 aromatic rings. The van der Waals surface area contributed by atoms with Gasteiger partial charge in [-0.25, -0.2) is 43.6 Å². The Morgan fingerprint density at radius 1 is 0.477 bits per heavy atom. The summed E-state index contributed by atoms with van der Waals surface area (Å²) in [6.07, 6.45) is 8.85. The highest BCUT2D eigenvalue weighted by Gasteiger charge is 2.41. The zero-order valence-corrected chi connectivity index (χ0v) is 80.0. The summed E-state index contributed by atoms with van der Waals surface area (Å²) in [7, 11) is -9.46. The fraction of sp³-hybridized carbons (Fsp3) is 0.405. The molecule has 712 valence electrons. The van der Waals surface area contributed by atoms with E-state index in [9.17, 15) is 75.5 Å². The molecule has 46 heteroatoms. The number of aromatic nitrogens is 2. The molecule has 6 atom stereocenters. The SMILES string of the molecule is CCOC(=O)CC1NCCS1.CCOC(=O)CC1SCCN1S(=O)(=O)c1ccccc1.O=C(CC1SCCN1S(=O)(=O)c1ccccc1)O[C@@H](Cc1c(Cl)c[nH+]cc1Cl)c1ccc(OC(F)F)c(OCC2CC2)c1.O=C(O)CC1SCCN1S(=O)(=O)c1ccccc1.O=S(=O)(Cl)c1ccccc1.O[C@@H](Cc1c(Cl)c[nH+]cc1Cl)c1ccc(OC(F)F)c(OCC2CC2)c1.[OH-].[OH-]. The van der Waals surface area contributed by atoms with Crippen LogP contribution in [0.4, 0.5) is 17.6 Å². The molecule has 2 saturated carbocycles. The number of esters is 3. The third kappa shape index (κ3) is 34.6. The van der Waals surface area contributed by atoms with Gasteiger partial charge < -0.3 is 59.6 Å². The van der Waals surface area contributed by atoms with E-state index >= 15 is 0 Å². The van der Waals surface area contributed by atoms with Crippen molar-refractivity contribution in [2.24, 2.45) is 11.8 Å². The van der Waals surface area contributed by atoms with Crippen LogP contribution in [-0.2, 0) is 85.4 Å². The molecule has 0 spiro atoms. The first-order valence-corrected chi connectivity index (χ1v) is 52.3. The third-order valence-corrected chi connectivity index (χ3v) is 32.9. The largest absolute Gasteiger partial charge is 0.870 e. The zero-order chi connectivity index (χ0) is 92.7. The number of benzene rings is 6. The molecule has 6 aliphatic rings. The number of halogens is 9. The number of ether oxygens (including phenoxy) is 7. The molecule has 4 unspecified atom stereocenters. The Morgan fingerprint density at radius 2 is 0.838 bits per heavy atom. The molecule has 130 heavy (non-hydrogen) atoms. The number of H-pyrrole nitrogens is 2. The van der Waals surface area contributed by atoms with Crippen molar-refractivity contribution in [1.29, 1.82) is 0 Å². The van der Waals surface area contributed by atoms with Crippen LogP contribution in [0.1, 0.15) is 99.7 Å². The van der Waals surface area contributed by atoms with Crippen LogP contribution in [0.2, 0.25) is 20.1 Å². The normalized spacial score (nSPS) is 17.8. The fourth-order valence-corrected chi connectivity index (χ4v) is 25.1. The number of aromatic amines is 2. The molecule has 0 bridgehead atoms. The summed E-state index contributed by atoms with van der Waals surface area (Å²) in [6, 6.07) is 41.0. The number of nitrogens with one attached hydrogen (secondary N) is 3. The molecule has 0 radical (unpaired) electrons. The summed E-state index contributed by atoms with van der Waals surface area (Å²) in [5.74, 6) is 1.72. The van der Waals surface area contributed by atoms with Gasteiger partial charge in [-0.15, -0.1) is 47.0 Å². The molecule has 4 saturated heterocycles. The van der Waals surface area contributed by atoms with Gasteiger partial charge in [0, 0.05) is 83.8 Å². The summed E-state index contributed by atoms with van der Waals surface area (Å²) in [5, 5.41) is 22.7. The molecular formula is C84H97Cl5F4N6O23S8. The van der Waals surface area contributed by atoms with E-state index in [2.05, 4.69) is 24.8 Å². The topological polar surface area (TPSA) is 420 Å². The lowest BCUT2D eigenvalue weighted by atomic mass is 10.0. The van der Waals surface area contributed by atoms with Gasteiger partial charge in [0.2, 0.25) is 30.1 Å². The number of hydrogen-bond acceptors (Lipinski definition) is 27. The van der Waals surface area contributed by atoms with Crippen molar-refractivity contribution in [3.8, 4) is 23.0 Å². The van der Waals surface area contributed by atoms with Gasteiger partial charge in [-0.3, -0.25) is 19.2 Å². The molecule has 2 aliphatic carbocycles. The average Bonchev–Trinajstić information content (AvgIpc) is 1.78. The van der Waals surface area contributed by atoms with Gasteiger partial charge in [-0.2, -0.15) is 30.5 Å². The number of alkyl halides is 4. The second kappa shape index (κ2) is 53.8. The summed E-state index contributed by atoms with van der Waals surface area (Å²) in [4.78, 5) is 53.0. The van der Waals surface area contributed by atoms with Crippen LogP contribution < -0.4 is 34.2 Å². The maximum Gasteiger partial charge on any atom is 0.387 e. The van der Waals surface area contributed by atoms with Crippen LogP contribution in [0, 0.1) is 11.8 Å². The second-order valence-electron chi connectivity index (χ2n) is 28.5. The molecule has 2 aromatic heterocycles. The minimum Gasteiger partial charge on any atom is -0.870 e. The lowest BCUT2D eigenvalue weighted by Crippen LogP contribution is -2.36. The molecule has 7 N–H and O–H groups in total. The number of rotatable bonds is 34. The van der Waals surface area contributed by atoms with Gasteiger partial charge in [-0.1, -0.05) is 131 Å². The summed E-state index contributed by atoms with van der Waals surface area (Å²) < 4.78 is 189. The van der Waals surface area contributed by atoms with Crippen molar-refractivity contribution in [2.45, 2.75) is 145 Å². The Balaban J connectivity index is 0.000000229. The molecule has 29 nitrogen and oxygen atoms in total. The van der Waals surface area contributed by atoms with E-state index in [4.69, 9.17) is 85.9 Å².